The minimum absolute atomic E-state index is 0.215. The van der Waals surface area contributed by atoms with Crippen LogP contribution in [0.25, 0.3) is 0 Å². The van der Waals surface area contributed by atoms with Gasteiger partial charge in [-0.1, -0.05) is 29.8 Å². The summed E-state index contributed by atoms with van der Waals surface area (Å²) in [6.45, 7) is 3.06. The third kappa shape index (κ3) is 4.02. The molecular formula is C13H20O2. The van der Waals surface area contributed by atoms with Gasteiger partial charge in [0.15, 0.2) is 0 Å². The standard InChI is InChI=1S/C13H20O2/c1-11-5-3-6-12(9-11)13(10-14)7-4-8-15-2/h3,5-6,9,13-14H,4,7-8,10H2,1-2H3. The molecule has 0 saturated heterocycles. The number of hydrogen-bond donors (Lipinski definition) is 1. The lowest BCUT2D eigenvalue weighted by atomic mass is 9.94. The Morgan fingerprint density at radius 1 is 1.40 bits per heavy atom. The van der Waals surface area contributed by atoms with Crippen molar-refractivity contribution < 1.29 is 9.84 Å². The van der Waals surface area contributed by atoms with E-state index in [0.29, 0.717) is 0 Å². The molecule has 0 radical (unpaired) electrons. The van der Waals surface area contributed by atoms with Gasteiger partial charge in [0, 0.05) is 26.2 Å². The lowest BCUT2D eigenvalue weighted by Gasteiger charge is -2.14. The normalized spacial score (nSPS) is 12.7. The molecule has 0 fully saturated rings. The summed E-state index contributed by atoms with van der Waals surface area (Å²) in [6, 6.07) is 8.35. The topological polar surface area (TPSA) is 29.5 Å². The number of rotatable bonds is 6. The molecule has 0 spiro atoms. The summed E-state index contributed by atoms with van der Waals surface area (Å²) >= 11 is 0. The molecule has 0 aliphatic carbocycles. The van der Waals surface area contributed by atoms with Crippen LogP contribution in [0.2, 0.25) is 0 Å². The highest BCUT2D eigenvalue weighted by molar-refractivity contribution is 5.25. The average molecular weight is 208 g/mol. The molecule has 1 rings (SSSR count). The van der Waals surface area contributed by atoms with Gasteiger partial charge in [0.1, 0.15) is 0 Å². The molecule has 0 aliphatic rings. The van der Waals surface area contributed by atoms with Crippen molar-refractivity contribution in [2.45, 2.75) is 25.7 Å². The van der Waals surface area contributed by atoms with Crippen LogP contribution >= 0.6 is 0 Å². The van der Waals surface area contributed by atoms with Gasteiger partial charge in [-0.2, -0.15) is 0 Å². The Hall–Kier alpha value is -0.860. The number of ether oxygens (including phenoxy) is 1. The predicted octanol–water partition coefficient (Wildman–Crippen LogP) is 2.50. The fourth-order valence-corrected chi connectivity index (χ4v) is 1.76. The number of aliphatic hydroxyl groups excluding tert-OH is 1. The maximum Gasteiger partial charge on any atom is 0.0499 e. The summed E-state index contributed by atoms with van der Waals surface area (Å²) in [7, 11) is 1.71. The van der Waals surface area contributed by atoms with Crippen LogP contribution in [0.3, 0.4) is 0 Å². The van der Waals surface area contributed by atoms with Crippen molar-refractivity contribution in [3.63, 3.8) is 0 Å². The molecule has 15 heavy (non-hydrogen) atoms. The van der Waals surface area contributed by atoms with Gasteiger partial charge in [-0.05, 0) is 25.3 Å². The molecule has 0 aromatic heterocycles. The molecule has 2 nitrogen and oxygen atoms in total. The molecule has 1 unspecified atom stereocenters. The van der Waals surface area contributed by atoms with Gasteiger partial charge in [0.05, 0.1) is 0 Å². The van der Waals surface area contributed by atoms with Gasteiger partial charge >= 0.3 is 0 Å². The van der Waals surface area contributed by atoms with E-state index in [4.69, 9.17) is 4.74 Å². The Bertz CT molecular complexity index is 284. The summed E-state index contributed by atoms with van der Waals surface area (Å²) in [5, 5.41) is 9.33. The molecular weight excluding hydrogens is 188 g/mol. The lowest BCUT2D eigenvalue weighted by molar-refractivity contribution is 0.183. The molecule has 84 valence electrons. The molecule has 0 heterocycles. The van der Waals surface area contributed by atoms with Gasteiger partial charge < -0.3 is 9.84 Å². The molecule has 0 bridgehead atoms. The second kappa shape index (κ2) is 6.59. The fraction of sp³-hybridized carbons (Fsp3) is 0.538. The SMILES string of the molecule is COCCCC(CO)c1cccc(C)c1. The highest BCUT2D eigenvalue weighted by atomic mass is 16.5. The zero-order valence-electron chi connectivity index (χ0n) is 9.57. The van der Waals surface area contributed by atoms with Gasteiger partial charge in [-0.15, -0.1) is 0 Å². The third-order valence-corrected chi connectivity index (χ3v) is 2.63. The Morgan fingerprint density at radius 3 is 2.80 bits per heavy atom. The minimum atomic E-state index is 0.215. The average Bonchev–Trinajstić information content (AvgIpc) is 2.24. The van der Waals surface area contributed by atoms with Crippen molar-refractivity contribution >= 4 is 0 Å². The Balaban J connectivity index is 2.57. The van der Waals surface area contributed by atoms with Gasteiger partial charge in [0.2, 0.25) is 0 Å². The Labute approximate surface area is 91.9 Å². The first-order valence-electron chi connectivity index (χ1n) is 5.44. The largest absolute Gasteiger partial charge is 0.396 e. The number of aliphatic hydroxyl groups is 1. The van der Waals surface area contributed by atoms with Gasteiger partial charge in [-0.3, -0.25) is 0 Å². The van der Waals surface area contributed by atoms with E-state index >= 15 is 0 Å². The van der Waals surface area contributed by atoms with E-state index in [-0.39, 0.29) is 12.5 Å². The summed E-state index contributed by atoms with van der Waals surface area (Å²) < 4.78 is 5.01. The lowest BCUT2D eigenvalue weighted by Crippen LogP contribution is -2.05. The number of methoxy groups -OCH3 is 1. The monoisotopic (exact) mass is 208 g/mol. The van der Waals surface area contributed by atoms with Crippen LogP contribution < -0.4 is 0 Å². The molecule has 0 saturated carbocycles. The quantitative estimate of drug-likeness (QED) is 0.728. The van der Waals surface area contributed by atoms with Crippen molar-refractivity contribution in [1.29, 1.82) is 0 Å². The van der Waals surface area contributed by atoms with Crippen molar-refractivity contribution in [2.75, 3.05) is 20.3 Å². The molecule has 1 atom stereocenters. The number of hydrogen-bond acceptors (Lipinski definition) is 2. The maximum atomic E-state index is 9.33. The van der Waals surface area contributed by atoms with E-state index in [9.17, 15) is 5.11 Å². The van der Waals surface area contributed by atoms with Crippen LogP contribution in [-0.4, -0.2) is 25.4 Å². The molecule has 2 heteroatoms. The van der Waals surface area contributed by atoms with Crippen LogP contribution in [0.4, 0.5) is 0 Å². The zero-order chi connectivity index (χ0) is 11.1. The molecule has 0 aliphatic heterocycles. The first kappa shape index (κ1) is 12.2. The molecule has 1 aromatic rings. The van der Waals surface area contributed by atoms with Crippen molar-refractivity contribution in [3.05, 3.63) is 35.4 Å². The van der Waals surface area contributed by atoms with Crippen LogP contribution in [0.1, 0.15) is 29.9 Å². The number of aryl methyl sites for hydroxylation is 1. The second-order valence-corrected chi connectivity index (χ2v) is 3.93. The number of benzene rings is 1. The molecule has 0 amide bonds. The van der Waals surface area contributed by atoms with Crippen molar-refractivity contribution in [3.8, 4) is 0 Å². The predicted molar refractivity (Wildman–Crippen MR) is 62.1 cm³/mol. The van der Waals surface area contributed by atoms with Gasteiger partial charge in [-0.25, -0.2) is 0 Å². The Morgan fingerprint density at radius 2 is 2.20 bits per heavy atom. The first-order chi connectivity index (χ1) is 7.27. The molecule has 1 aromatic carbocycles. The zero-order valence-corrected chi connectivity index (χ0v) is 9.57. The van der Waals surface area contributed by atoms with E-state index in [1.54, 1.807) is 7.11 Å². The van der Waals surface area contributed by atoms with E-state index in [1.807, 2.05) is 6.07 Å². The Kier molecular flexibility index (Phi) is 5.37. The van der Waals surface area contributed by atoms with Crippen LogP contribution in [0.5, 0.6) is 0 Å². The molecule has 1 N–H and O–H groups in total. The maximum absolute atomic E-state index is 9.33. The van der Waals surface area contributed by atoms with Crippen LogP contribution in [0.15, 0.2) is 24.3 Å². The first-order valence-corrected chi connectivity index (χ1v) is 5.44. The smallest absolute Gasteiger partial charge is 0.0499 e. The second-order valence-electron chi connectivity index (χ2n) is 3.93. The van der Waals surface area contributed by atoms with Crippen molar-refractivity contribution in [2.24, 2.45) is 0 Å². The summed E-state index contributed by atoms with van der Waals surface area (Å²) in [5.41, 5.74) is 2.48. The van der Waals surface area contributed by atoms with E-state index < -0.39 is 0 Å². The van der Waals surface area contributed by atoms with Crippen LogP contribution in [0, 0.1) is 6.92 Å². The minimum Gasteiger partial charge on any atom is -0.396 e. The van der Waals surface area contributed by atoms with Gasteiger partial charge in [0.25, 0.3) is 0 Å². The summed E-state index contributed by atoms with van der Waals surface area (Å²) in [6.07, 6.45) is 1.98. The van der Waals surface area contributed by atoms with Crippen LogP contribution in [-0.2, 0) is 4.74 Å². The highest BCUT2D eigenvalue weighted by Crippen LogP contribution is 2.21. The summed E-state index contributed by atoms with van der Waals surface area (Å²) in [5.74, 6) is 0.250. The third-order valence-electron chi connectivity index (χ3n) is 2.63. The van der Waals surface area contributed by atoms with Crippen molar-refractivity contribution in [1.82, 2.24) is 0 Å². The fourth-order valence-electron chi connectivity index (χ4n) is 1.76. The van der Waals surface area contributed by atoms with E-state index in [2.05, 4.69) is 25.1 Å². The van der Waals surface area contributed by atoms with E-state index in [1.165, 1.54) is 11.1 Å². The van der Waals surface area contributed by atoms with E-state index in [0.717, 1.165) is 19.4 Å². The highest BCUT2D eigenvalue weighted by Gasteiger charge is 2.09. The summed E-state index contributed by atoms with van der Waals surface area (Å²) in [4.78, 5) is 0.